The summed E-state index contributed by atoms with van der Waals surface area (Å²) in [7, 11) is 0. The molecule has 0 amide bonds. The van der Waals surface area contributed by atoms with Gasteiger partial charge in [-0.3, -0.25) is 4.99 Å². The average molecular weight is 379 g/mol. The number of nitrogens with zero attached hydrogens (tertiary/aromatic N) is 2. The van der Waals surface area contributed by atoms with Crippen LogP contribution < -0.4 is 0 Å². The van der Waals surface area contributed by atoms with Crippen LogP contribution in [0.2, 0.25) is 0 Å². The highest BCUT2D eigenvalue weighted by molar-refractivity contribution is 5.58. The standard InChI is InChI=1S/C24H46N2O/c1-3-5-6-7-8-9-10-11-12-13-14-15-16-17-18-19-23(24(27)4-2)26-21-20-25-22-26/h18-19,22-24,27H,3-17,20-21H2,1-2H3. The average Bonchev–Trinajstić information content (AvgIpc) is 3.21. The van der Waals surface area contributed by atoms with E-state index in [0.717, 1.165) is 25.9 Å². The Labute approximate surface area is 169 Å². The number of allylic oxidation sites excluding steroid dienone is 1. The second kappa shape index (κ2) is 17.3. The number of aliphatic hydroxyl groups excluding tert-OH is 1. The Morgan fingerprint density at radius 3 is 1.93 bits per heavy atom. The molecule has 27 heavy (non-hydrogen) atoms. The van der Waals surface area contributed by atoms with Crippen LogP contribution in [0.25, 0.3) is 0 Å². The molecule has 3 heteroatoms. The van der Waals surface area contributed by atoms with Gasteiger partial charge in [-0.1, -0.05) is 103 Å². The first-order chi connectivity index (χ1) is 13.3. The molecule has 0 fully saturated rings. The van der Waals surface area contributed by atoms with E-state index in [1.165, 1.54) is 83.5 Å². The van der Waals surface area contributed by atoms with Crippen molar-refractivity contribution in [1.29, 1.82) is 0 Å². The number of aliphatic hydroxyl groups is 1. The van der Waals surface area contributed by atoms with E-state index in [0.29, 0.717) is 0 Å². The molecule has 2 atom stereocenters. The van der Waals surface area contributed by atoms with Gasteiger partial charge in [-0.2, -0.15) is 0 Å². The van der Waals surface area contributed by atoms with E-state index in [2.05, 4.69) is 29.0 Å². The van der Waals surface area contributed by atoms with Gasteiger partial charge >= 0.3 is 0 Å². The van der Waals surface area contributed by atoms with Crippen molar-refractivity contribution in [2.24, 2.45) is 4.99 Å². The Morgan fingerprint density at radius 1 is 0.889 bits per heavy atom. The first-order valence-electron chi connectivity index (χ1n) is 11.9. The molecular weight excluding hydrogens is 332 g/mol. The van der Waals surface area contributed by atoms with Crippen LogP contribution in [-0.2, 0) is 0 Å². The SMILES string of the molecule is CCCCCCCCCCCCCCCC=CC(C(O)CC)N1C=NCC1. The van der Waals surface area contributed by atoms with Crippen molar-refractivity contribution in [3.05, 3.63) is 12.2 Å². The molecule has 0 saturated heterocycles. The van der Waals surface area contributed by atoms with Crippen LogP contribution in [0.5, 0.6) is 0 Å². The van der Waals surface area contributed by atoms with Crippen molar-refractivity contribution in [3.63, 3.8) is 0 Å². The Hall–Kier alpha value is -0.830. The summed E-state index contributed by atoms with van der Waals surface area (Å²) in [5, 5.41) is 10.2. The zero-order valence-electron chi connectivity index (χ0n) is 18.2. The van der Waals surface area contributed by atoms with Crippen molar-refractivity contribution in [1.82, 2.24) is 4.90 Å². The van der Waals surface area contributed by atoms with E-state index >= 15 is 0 Å². The van der Waals surface area contributed by atoms with Crippen molar-refractivity contribution < 1.29 is 5.11 Å². The molecule has 158 valence electrons. The molecule has 0 aromatic rings. The molecule has 3 nitrogen and oxygen atoms in total. The summed E-state index contributed by atoms with van der Waals surface area (Å²) in [6, 6.07) is 0.100. The fraction of sp³-hybridized carbons (Fsp3) is 0.875. The Bertz CT molecular complexity index is 381. The van der Waals surface area contributed by atoms with Gasteiger partial charge in [0.25, 0.3) is 0 Å². The van der Waals surface area contributed by atoms with Gasteiger partial charge in [0.15, 0.2) is 0 Å². The zero-order valence-corrected chi connectivity index (χ0v) is 18.2. The van der Waals surface area contributed by atoms with Crippen LogP contribution in [-0.4, -0.2) is 41.6 Å². The lowest BCUT2D eigenvalue weighted by Gasteiger charge is -2.28. The van der Waals surface area contributed by atoms with Gasteiger partial charge in [0.05, 0.1) is 25.0 Å². The lowest BCUT2D eigenvalue weighted by Crippen LogP contribution is -2.40. The van der Waals surface area contributed by atoms with Crippen LogP contribution in [0, 0.1) is 0 Å². The number of unbranched alkanes of at least 4 members (excludes halogenated alkanes) is 13. The van der Waals surface area contributed by atoms with E-state index in [4.69, 9.17) is 0 Å². The summed E-state index contributed by atoms with van der Waals surface area (Å²) in [5.74, 6) is 0. The Kier molecular flexibility index (Phi) is 15.5. The van der Waals surface area contributed by atoms with Crippen molar-refractivity contribution in [3.8, 4) is 0 Å². The highest BCUT2D eigenvalue weighted by atomic mass is 16.3. The van der Waals surface area contributed by atoms with Gasteiger partial charge in [-0.05, 0) is 19.3 Å². The largest absolute Gasteiger partial charge is 0.391 e. The number of aliphatic imine (C=N–C) groups is 1. The van der Waals surface area contributed by atoms with E-state index in [9.17, 15) is 5.11 Å². The number of hydrogen-bond donors (Lipinski definition) is 1. The maximum Gasteiger partial charge on any atom is 0.0857 e. The fourth-order valence-electron chi connectivity index (χ4n) is 3.84. The van der Waals surface area contributed by atoms with Gasteiger partial charge in [0.1, 0.15) is 0 Å². The molecule has 0 spiro atoms. The summed E-state index contributed by atoms with van der Waals surface area (Å²) < 4.78 is 0. The molecule has 1 aliphatic rings. The second-order valence-electron chi connectivity index (χ2n) is 8.19. The zero-order chi connectivity index (χ0) is 19.6. The summed E-state index contributed by atoms with van der Waals surface area (Å²) in [5.41, 5.74) is 0. The molecular formula is C24H46N2O. The molecule has 2 unspecified atom stereocenters. The number of hydrogen-bond acceptors (Lipinski definition) is 3. The van der Waals surface area contributed by atoms with E-state index in [1.807, 2.05) is 13.3 Å². The van der Waals surface area contributed by atoms with E-state index in [1.54, 1.807) is 0 Å². The third kappa shape index (κ3) is 12.3. The minimum absolute atomic E-state index is 0.100. The van der Waals surface area contributed by atoms with E-state index < -0.39 is 0 Å². The van der Waals surface area contributed by atoms with Crippen LogP contribution in [0.15, 0.2) is 17.1 Å². The van der Waals surface area contributed by atoms with Crippen LogP contribution in [0.1, 0.15) is 110 Å². The maximum atomic E-state index is 10.2. The highest BCUT2D eigenvalue weighted by Crippen LogP contribution is 2.14. The minimum Gasteiger partial charge on any atom is -0.391 e. The Balaban J connectivity index is 1.94. The maximum absolute atomic E-state index is 10.2. The predicted molar refractivity (Wildman–Crippen MR) is 120 cm³/mol. The van der Waals surface area contributed by atoms with Crippen molar-refractivity contribution in [2.75, 3.05) is 13.1 Å². The Morgan fingerprint density at radius 2 is 1.44 bits per heavy atom. The summed E-state index contributed by atoms with van der Waals surface area (Å²) >= 11 is 0. The van der Waals surface area contributed by atoms with Crippen LogP contribution >= 0.6 is 0 Å². The van der Waals surface area contributed by atoms with Gasteiger partial charge < -0.3 is 10.0 Å². The molecule has 0 aromatic carbocycles. The molecule has 0 aliphatic carbocycles. The third-order valence-electron chi connectivity index (χ3n) is 5.72. The van der Waals surface area contributed by atoms with Crippen LogP contribution in [0.3, 0.4) is 0 Å². The number of rotatable bonds is 18. The first kappa shape index (κ1) is 24.2. The van der Waals surface area contributed by atoms with Gasteiger partial charge in [0.2, 0.25) is 0 Å². The summed E-state index contributed by atoms with van der Waals surface area (Å²) in [6.07, 6.45) is 26.2. The third-order valence-corrected chi connectivity index (χ3v) is 5.72. The quantitative estimate of drug-likeness (QED) is 0.218. The lowest BCUT2D eigenvalue weighted by molar-refractivity contribution is 0.109. The topological polar surface area (TPSA) is 35.8 Å². The van der Waals surface area contributed by atoms with Gasteiger partial charge in [-0.15, -0.1) is 0 Å². The molecule has 0 saturated carbocycles. The summed E-state index contributed by atoms with van der Waals surface area (Å²) in [4.78, 5) is 6.45. The molecule has 0 aromatic heterocycles. The van der Waals surface area contributed by atoms with Crippen molar-refractivity contribution >= 4 is 6.34 Å². The molecule has 1 rings (SSSR count). The normalized spacial score (nSPS) is 16.5. The molecule has 0 bridgehead atoms. The molecule has 1 aliphatic heterocycles. The second-order valence-corrected chi connectivity index (χ2v) is 8.19. The summed E-state index contributed by atoms with van der Waals surface area (Å²) in [6.45, 7) is 6.13. The van der Waals surface area contributed by atoms with Crippen molar-refractivity contribution in [2.45, 2.75) is 122 Å². The van der Waals surface area contributed by atoms with Gasteiger partial charge in [0, 0.05) is 6.54 Å². The smallest absolute Gasteiger partial charge is 0.0857 e. The predicted octanol–water partition coefficient (Wildman–Crippen LogP) is 6.51. The lowest BCUT2D eigenvalue weighted by atomic mass is 10.0. The molecule has 1 N–H and O–H groups in total. The molecule has 0 radical (unpaired) electrons. The fourth-order valence-corrected chi connectivity index (χ4v) is 3.84. The molecule has 1 heterocycles. The highest BCUT2D eigenvalue weighted by Gasteiger charge is 2.21. The van der Waals surface area contributed by atoms with E-state index in [-0.39, 0.29) is 12.1 Å². The minimum atomic E-state index is -0.294. The van der Waals surface area contributed by atoms with Gasteiger partial charge in [-0.25, -0.2) is 0 Å². The monoisotopic (exact) mass is 378 g/mol. The van der Waals surface area contributed by atoms with Crippen LogP contribution in [0.4, 0.5) is 0 Å². The first-order valence-corrected chi connectivity index (χ1v) is 11.9.